The number of piperidine rings is 1. The minimum absolute atomic E-state index is 0. The highest BCUT2D eigenvalue weighted by Crippen LogP contribution is 2.33. The van der Waals surface area contributed by atoms with Crippen LogP contribution in [0.1, 0.15) is 18.4 Å². The van der Waals surface area contributed by atoms with Crippen molar-refractivity contribution in [3.63, 3.8) is 0 Å². The fourth-order valence-electron chi connectivity index (χ4n) is 2.98. The molecule has 1 amide bonds. The van der Waals surface area contributed by atoms with Crippen molar-refractivity contribution < 1.29 is 19.4 Å². The molecule has 25 heavy (non-hydrogen) atoms. The fourth-order valence-corrected chi connectivity index (χ4v) is 2.98. The predicted octanol–water partition coefficient (Wildman–Crippen LogP) is 0.274. The van der Waals surface area contributed by atoms with E-state index in [2.05, 4.69) is 10.6 Å². The van der Waals surface area contributed by atoms with Gasteiger partial charge in [-0.15, -0.1) is 12.4 Å². The van der Waals surface area contributed by atoms with Crippen molar-refractivity contribution in [1.82, 2.24) is 10.6 Å². The minimum Gasteiger partial charge on any atom is -0.481 e. The van der Waals surface area contributed by atoms with Gasteiger partial charge in [-0.05, 0) is 31.5 Å². The molecule has 7 nitrogen and oxygen atoms in total. The Morgan fingerprint density at radius 1 is 1.12 bits per heavy atom. The first-order valence-electron chi connectivity index (χ1n) is 8.17. The van der Waals surface area contributed by atoms with E-state index in [4.69, 9.17) is 10.5 Å². The van der Waals surface area contributed by atoms with Gasteiger partial charge in [0.15, 0.2) is 0 Å². The van der Waals surface area contributed by atoms with Crippen molar-refractivity contribution in [1.29, 1.82) is 0 Å². The summed E-state index contributed by atoms with van der Waals surface area (Å²) in [6, 6.07) is 9.56. The lowest BCUT2D eigenvalue weighted by atomic mass is 9.73. The number of carbonyl (C=O) groups is 2. The van der Waals surface area contributed by atoms with Crippen molar-refractivity contribution >= 4 is 24.3 Å². The number of hydrogen-bond acceptors (Lipinski definition) is 5. The van der Waals surface area contributed by atoms with Crippen LogP contribution in [-0.2, 0) is 19.7 Å². The van der Waals surface area contributed by atoms with Gasteiger partial charge in [-0.2, -0.15) is 0 Å². The standard InChI is InChI=1S/C12H15NO2.C5H10N2O2.ClH/c14-11(15)12(6-8-13-9-7-12)10-4-2-1-3-5-10;6-5(8)4-3-7-1-2-9-4;/h1-5,13H,6-9H2,(H,14,15);4,7H,1-3H2,(H2,6,8);1H. The molecule has 0 radical (unpaired) electrons. The van der Waals surface area contributed by atoms with Gasteiger partial charge >= 0.3 is 5.97 Å². The van der Waals surface area contributed by atoms with Crippen LogP contribution < -0.4 is 16.4 Å². The third-order valence-electron chi connectivity index (χ3n) is 4.44. The maximum Gasteiger partial charge on any atom is 0.314 e. The SMILES string of the molecule is Cl.NC(=O)C1CNCCO1.O=C(O)C1(c2ccccc2)CCNCC1. The first kappa shape index (κ1) is 21.4. The number of ether oxygens (including phenoxy) is 1. The second-order valence-electron chi connectivity index (χ2n) is 5.97. The van der Waals surface area contributed by atoms with Crippen LogP contribution in [0.3, 0.4) is 0 Å². The van der Waals surface area contributed by atoms with Crippen LogP contribution in [0, 0.1) is 0 Å². The van der Waals surface area contributed by atoms with E-state index in [1.54, 1.807) is 0 Å². The van der Waals surface area contributed by atoms with E-state index in [9.17, 15) is 14.7 Å². The summed E-state index contributed by atoms with van der Waals surface area (Å²) in [4.78, 5) is 21.9. The Morgan fingerprint density at radius 2 is 1.76 bits per heavy atom. The number of carbonyl (C=O) groups excluding carboxylic acids is 1. The van der Waals surface area contributed by atoms with Gasteiger partial charge in [0.1, 0.15) is 6.10 Å². The Labute approximate surface area is 153 Å². The van der Waals surface area contributed by atoms with Crippen LogP contribution >= 0.6 is 12.4 Å². The summed E-state index contributed by atoms with van der Waals surface area (Å²) in [6.45, 7) is 3.50. The van der Waals surface area contributed by atoms with E-state index in [0.717, 1.165) is 25.2 Å². The highest BCUT2D eigenvalue weighted by atomic mass is 35.5. The number of nitrogens with two attached hydrogens (primary N) is 1. The topological polar surface area (TPSA) is 114 Å². The van der Waals surface area contributed by atoms with Crippen LogP contribution in [0.25, 0.3) is 0 Å². The molecule has 5 N–H and O–H groups in total. The smallest absolute Gasteiger partial charge is 0.314 e. The first-order chi connectivity index (χ1) is 11.6. The molecule has 1 aromatic carbocycles. The number of carboxylic acids is 1. The number of halogens is 1. The molecule has 2 fully saturated rings. The molecular weight excluding hydrogens is 346 g/mol. The number of hydrogen-bond donors (Lipinski definition) is 4. The Balaban J connectivity index is 0.000000270. The van der Waals surface area contributed by atoms with E-state index < -0.39 is 17.5 Å². The summed E-state index contributed by atoms with van der Waals surface area (Å²) in [5.74, 6) is -1.09. The molecule has 0 spiro atoms. The van der Waals surface area contributed by atoms with Crippen LogP contribution in [0.5, 0.6) is 0 Å². The zero-order chi connectivity index (χ0) is 17.4. The maximum atomic E-state index is 11.4. The Morgan fingerprint density at radius 3 is 2.20 bits per heavy atom. The van der Waals surface area contributed by atoms with Crippen LogP contribution in [0.4, 0.5) is 0 Å². The summed E-state index contributed by atoms with van der Waals surface area (Å²) in [6.07, 6.45) is 0.928. The fraction of sp³-hybridized carbons (Fsp3) is 0.529. The van der Waals surface area contributed by atoms with Crippen LogP contribution in [-0.4, -0.2) is 55.9 Å². The molecule has 2 saturated heterocycles. The van der Waals surface area contributed by atoms with E-state index >= 15 is 0 Å². The third-order valence-corrected chi connectivity index (χ3v) is 4.44. The maximum absolute atomic E-state index is 11.4. The lowest BCUT2D eigenvalue weighted by Crippen LogP contribution is -2.45. The molecule has 1 aromatic rings. The average Bonchev–Trinajstić information content (AvgIpc) is 2.64. The number of benzene rings is 1. The molecule has 1 unspecified atom stereocenters. The van der Waals surface area contributed by atoms with Gasteiger partial charge in [-0.1, -0.05) is 30.3 Å². The van der Waals surface area contributed by atoms with Crippen molar-refractivity contribution in [3.05, 3.63) is 35.9 Å². The molecule has 0 aliphatic carbocycles. The highest BCUT2D eigenvalue weighted by Gasteiger charge is 2.40. The number of nitrogens with one attached hydrogen (secondary N) is 2. The Hall–Kier alpha value is -1.67. The van der Waals surface area contributed by atoms with E-state index in [-0.39, 0.29) is 18.3 Å². The third kappa shape index (κ3) is 5.67. The molecule has 0 aromatic heterocycles. The summed E-state index contributed by atoms with van der Waals surface area (Å²) < 4.78 is 5.00. The van der Waals surface area contributed by atoms with Gasteiger partial charge in [-0.25, -0.2) is 0 Å². The number of aliphatic carboxylic acids is 1. The summed E-state index contributed by atoms with van der Waals surface area (Å²) in [5.41, 5.74) is 5.22. The number of carboxylic acid groups (broad SMARTS) is 1. The van der Waals surface area contributed by atoms with Gasteiger partial charge in [0, 0.05) is 13.1 Å². The number of primary amides is 1. The van der Waals surface area contributed by atoms with Crippen LogP contribution in [0.15, 0.2) is 30.3 Å². The zero-order valence-electron chi connectivity index (χ0n) is 14.1. The predicted molar refractivity (Wildman–Crippen MR) is 96.9 cm³/mol. The second kappa shape index (κ2) is 10.4. The van der Waals surface area contributed by atoms with Gasteiger partial charge in [0.2, 0.25) is 5.91 Å². The first-order valence-corrected chi connectivity index (χ1v) is 8.17. The molecule has 3 rings (SSSR count). The van der Waals surface area contributed by atoms with Crippen molar-refractivity contribution in [2.75, 3.05) is 32.8 Å². The monoisotopic (exact) mass is 371 g/mol. The molecule has 0 saturated carbocycles. The molecule has 8 heteroatoms. The molecule has 140 valence electrons. The lowest BCUT2D eigenvalue weighted by molar-refractivity contribution is -0.145. The van der Waals surface area contributed by atoms with Gasteiger partial charge in [0.05, 0.1) is 12.0 Å². The van der Waals surface area contributed by atoms with E-state index in [1.165, 1.54) is 0 Å². The largest absolute Gasteiger partial charge is 0.481 e. The van der Waals surface area contributed by atoms with Crippen molar-refractivity contribution in [2.24, 2.45) is 5.73 Å². The van der Waals surface area contributed by atoms with Crippen molar-refractivity contribution in [3.8, 4) is 0 Å². The molecule has 2 heterocycles. The molecule has 2 aliphatic heterocycles. The Kier molecular flexibility index (Phi) is 8.85. The summed E-state index contributed by atoms with van der Waals surface area (Å²) >= 11 is 0. The second-order valence-corrected chi connectivity index (χ2v) is 5.97. The minimum atomic E-state index is -0.699. The van der Waals surface area contributed by atoms with Gasteiger partial charge in [-0.3, -0.25) is 9.59 Å². The number of morpholine rings is 1. The summed E-state index contributed by atoms with van der Waals surface area (Å²) in [5, 5.41) is 15.6. The highest BCUT2D eigenvalue weighted by molar-refractivity contribution is 5.85. The lowest BCUT2D eigenvalue weighted by Gasteiger charge is -2.34. The van der Waals surface area contributed by atoms with Crippen LogP contribution in [0.2, 0.25) is 0 Å². The van der Waals surface area contributed by atoms with Gasteiger partial charge in [0.25, 0.3) is 0 Å². The molecule has 0 bridgehead atoms. The average molecular weight is 372 g/mol. The quantitative estimate of drug-likeness (QED) is 0.606. The normalized spacial score (nSPS) is 21.8. The Bertz CT molecular complexity index is 544. The van der Waals surface area contributed by atoms with Crippen molar-refractivity contribution in [2.45, 2.75) is 24.4 Å². The zero-order valence-corrected chi connectivity index (χ0v) is 14.9. The molecular formula is C17H26ClN3O4. The van der Waals surface area contributed by atoms with E-state index in [0.29, 0.717) is 26.0 Å². The number of rotatable bonds is 3. The number of amides is 1. The molecule has 1 atom stereocenters. The van der Waals surface area contributed by atoms with E-state index in [1.807, 2.05) is 30.3 Å². The summed E-state index contributed by atoms with van der Waals surface area (Å²) in [7, 11) is 0. The molecule has 2 aliphatic rings. The van der Waals surface area contributed by atoms with Gasteiger partial charge < -0.3 is 26.2 Å².